The Balaban J connectivity index is 1.96. The highest BCUT2D eigenvalue weighted by Crippen LogP contribution is 2.09. The van der Waals surface area contributed by atoms with Gasteiger partial charge in [-0.1, -0.05) is 18.2 Å². The normalized spacial score (nSPS) is 10.8. The third-order valence-corrected chi connectivity index (χ3v) is 2.63. The van der Waals surface area contributed by atoms with E-state index in [9.17, 15) is 4.39 Å². The lowest BCUT2D eigenvalue weighted by Gasteiger charge is -2.16. The minimum Gasteiger partial charge on any atom is -0.384 e. The molecule has 0 spiro atoms. The van der Waals surface area contributed by atoms with Gasteiger partial charge in [-0.15, -0.1) is 0 Å². The van der Waals surface area contributed by atoms with E-state index in [4.69, 9.17) is 5.73 Å². The molecule has 18 heavy (non-hydrogen) atoms. The van der Waals surface area contributed by atoms with E-state index in [1.807, 2.05) is 19.2 Å². The topological polar surface area (TPSA) is 42.1 Å². The van der Waals surface area contributed by atoms with E-state index in [1.54, 1.807) is 18.2 Å². The Kier molecular flexibility index (Phi) is 3.89. The van der Waals surface area contributed by atoms with E-state index in [0.717, 1.165) is 17.8 Å². The Morgan fingerprint density at radius 2 is 1.83 bits per heavy atom. The van der Waals surface area contributed by atoms with Crippen molar-refractivity contribution in [1.82, 2.24) is 9.88 Å². The highest BCUT2D eigenvalue weighted by atomic mass is 19.1. The number of halogens is 1. The molecule has 0 amide bonds. The van der Waals surface area contributed by atoms with Gasteiger partial charge in [-0.3, -0.25) is 4.90 Å². The molecule has 0 saturated carbocycles. The zero-order valence-electron chi connectivity index (χ0n) is 10.3. The van der Waals surface area contributed by atoms with Crippen molar-refractivity contribution >= 4 is 5.82 Å². The summed E-state index contributed by atoms with van der Waals surface area (Å²) in [6.45, 7) is 1.46. The first kappa shape index (κ1) is 12.5. The molecule has 0 aliphatic carbocycles. The molecule has 1 aromatic carbocycles. The van der Waals surface area contributed by atoms with E-state index in [0.29, 0.717) is 12.4 Å². The zero-order chi connectivity index (χ0) is 13.0. The van der Waals surface area contributed by atoms with Crippen molar-refractivity contribution in [1.29, 1.82) is 0 Å². The van der Waals surface area contributed by atoms with Crippen LogP contribution in [-0.2, 0) is 13.1 Å². The van der Waals surface area contributed by atoms with Crippen LogP contribution in [-0.4, -0.2) is 16.9 Å². The fraction of sp³-hybridized carbons (Fsp3) is 0.214. The van der Waals surface area contributed by atoms with Crippen LogP contribution in [0.3, 0.4) is 0 Å². The second-order valence-electron chi connectivity index (χ2n) is 4.35. The first-order valence-electron chi connectivity index (χ1n) is 5.78. The predicted molar refractivity (Wildman–Crippen MR) is 70.2 cm³/mol. The SMILES string of the molecule is CN(Cc1ccc(F)cc1)Cc1cccc(N)n1. The molecular formula is C14H16FN3. The number of nitrogens with zero attached hydrogens (tertiary/aromatic N) is 2. The Hall–Kier alpha value is -1.94. The van der Waals surface area contributed by atoms with Crippen LogP contribution in [0.25, 0.3) is 0 Å². The largest absolute Gasteiger partial charge is 0.384 e. The minimum absolute atomic E-state index is 0.209. The zero-order valence-corrected chi connectivity index (χ0v) is 10.3. The van der Waals surface area contributed by atoms with Gasteiger partial charge in [0.1, 0.15) is 11.6 Å². The first-order chi connectivity index (χ1) is 8.63. The average Bonchev–Trinajstić information content (AvgIpc) is 2.32. The Bertz CT molecular complexity index is 511. The van der Waals surface area contributed by atoms with Gasteiger partial charge in [-0.05, 0) is 36.9 Å². The van der Waals surface area contributed by atoms with E-state index >= 15 is 0 Å². The summed E-state index contributed by atoms with van der Waals surface area (Å²) < 4.78 is 12.8. The van der Waals surface area contributed by atoms with Gasteiger partial charge in [-0.2, -0.15) is 0 Å². The van der Waals surface area contributed by atoms with Gasteiger partial charge in [0, 0.05) is 13.1 Å². The van der Waals surface area contributed by atoms with Crippen LogP contribution in [0.5, 0.6) is 0 Å². The maximum atomic E-state index is 12.8. The molecule has 0 aliphatic heterocycles. The van der Waals surface area contributed by atoms with Crippen LogP contribution < -0.4 is 5.73 Å². The summed E-state index contributed by atoms with van der Waals surface area (Å²) in [7, 11) is 1.99. The number of benzene rings is 1. The smallest absolute Gasteiger partial charge is 0.123 e. The van der Waals surface area contributed by atoms with Crippen molar-refractivity contribution in [3.63, 3.8) is 0 Å². The van der Waals surface area contributed by atoms with Crippen molar-refractivity contribution in [2.75, 3.05) is 12.8 Å². The molecule has 2 N–H and O–H groups in total. The summed E-state index contributed by atoms with van der Waals surface area (Å²) in [6.07, 6.45) is 0. The number of rotatable bonds is 4. The standard InChI is InChI=1S/C14H16FN3/c1-18(9-11-5-7-12(15)8-6-11)10-13-3-2-4-14(16)17-13/h2-8H,9-10H2,1H3,(H2,16,17). The number of hydrogen-bond acceptors (Lipinski definition) is 3. The van der Waals surface area contributed by atoms with Crippen molar-refractivity contribution in [3.05, 3.63) is 59.5 Å². The number of pyridine rings is 1. The summed E-state index contributed by atoms with van der Waals surface area (Å²) in [4.78, 5) is 6.35. The van der Waals surface area contributed by atoms with Crippen LogP contribution in [0.2, 0.25) is 0 Å². The Morgan fingerprint density at radius 1 is 1.11 bits per heavy atom. The molecule has 0 fully saturated rings. The summed E-state index contributed by atoms with van der Waals surface area (Å²) in [5.74, 6) is 0.321. The molecule has 0 bridgehead atoms. The van der Waals surface area contributed by atoms with Gasteiger partial charge < -0.3 is 5.73 Å². The third kappa shape index (κ3) is 3.53. The highest BCUT2D eigenvalue weighted by Gasteiger charge is 2.03. The second kappa shape index (κ2) is 5.60. The Labute approximate surface area is 106 Å². The maximum absolute atomic E-state index is 12.8. The molecule has 1 heterocycles. The molecule has 0 aliphatic rings. The molecular weight excluding hydrogens is 229 g/mol. The quantitative estimate of drug-likeness (QED) is 0.899. The van der Waals surface area contributed by atoms with Crippen LogP contribution in [0.15, 0.2) is 42.5 Å². The van der Waals surface area contributed by atoms with Crippen molar-refractivity contribution in [2.45, 2.75) is 13.1 Å². The number of anilines is 1. The third-order valence-electron chi connectivity index (χ3n) is 2.63. The minimum atomic E-state index is -0.209. The molecule has 3 nitrogen and oxygen atoms in total. The van der Waals surface area contributed by atoms with E-state index < -0.39 is 0 Å². The summed E-state index contributed by atoms with van der Waals surface area (Å²) in [5.41, 5.74) is 7.63. The molecule has 1 aromatic heterocycles. The Morgan fingerprint density at radius 3 is 2.50 bits per heavy atom. The molecule has 2 aromatic rings. The van der Waals surface area contributed by atoms with Crippen LogP contribution in [0, 0.1) is 5.82 Å². The average molecular weight is 245 g/mol. The molecule has 94 valence electrons. The van der Waals surface area contributed by atoms with Gasteiger partial charge in [-0.25, -0.2) is 9.37 Å². The van der Waals surface area contributed by atoms with Gasteiger partial charge in [0.25, 0.3) is 0 Å². The van der Waals surface area contributed by atoms with E-state index in [2.05, 4.69) is 9.88 Å². The fourth-order valence-electron chi connectivity index (χ4n) is 1.82. The molecule has 0 unspecified atom stereocenters. The molecule has 0 atom stereocenters. The van der Waals surface area contributed by atoms with Crippen molar-refractivity contribution in [3.8, 4) is 0 Å². The number of nitrogen functional groups attached to an aromatic ring is 1. The van der Waals surface area contributed by atoms with Crippen LogP contribution in [0.1, 0.15) is 11.3 Å². The molecule has 0 saturated heterocycles. The lowest BCUT2D eigenvalue weighted by molar-refractivity contribution is 0.315. The van der Waals surface area contributed by atoms with Gasteiger partial charge in [0.2, 0.25) is 0 Å². The summed E-state index contributed by atoms with van der Waals surface area (Å²) in [5, 5.41) is 0. The number of nitrogens with two attached hydrogens (primary N) is 1. The maximum Gasteiger partial charge on any atom is 0.123 e. The number of hydrogen-bond donors (Lipinski definition) is 1. The fourth-order valence-corrected chi connectivity index (χ4v) is 1.82. The monoisotopic (exact) mass is 245 g/mol. The molecule has 0 radical (unpaired) electrons. The van der Waals surface area contributed by atoms with Crippen LogP contribution >= 0.6 is 0 Å². The lowest BCUT2D eigenvalue weighted by Crippen LogP contribution is -2.18. The lowest BCUT2D eigenvalue weighted by atomic mass is 10.2. The van der Waals surface area contributed by atoms with Gasteiger partial charge in [0.15, 0.2) is 0 Å². The van der Waals surface area contributed by atoms with Crippen molar-refractivity contribution < 1.29 is 4.39 Å². The second-order valence-corrected chi connectivity index (χ2v) is 4.35. The van der Waals surface area contributed by atoms with Crippen molar-refractivity contribution in [2.24, 2.45) is 0 Å². The first-order valence-corrected chi connectivity index (χ1v) is 5.78. The number of aromatic nitrogens is 1. The summed E-state index contributed by atoms with van der Waals surface area (Å²) >= 11 is 0. The van der Waals surface area contributed by atoms with Crippen LogP contribution in [0.4, 0.5) is 10.2 Å². The van der Waals surface area contributed by atoms with Gasteiger partial charge in [0.05, 0.1) is 5.69 Å². The summed E-state index contributed by atoms with van der Waals surface area (Å²) in [6, 6.07) is 12.1. The van der Waals surface area contributed by atoms with E-state index in [1.165, 1.54) is 12.1 Å². The van der Waals surface area contributed by atoms with E-state index in [-0.39, 0.29) is 5.82 Å². The predicted octanol–water partition coefficient (Wildman–Crippen LogP) is 2.43. The van der Waals surface area contributed by atoms with Gasteiger partial charge >= 0.3 is 0 Å². The molecule has 2 rings (SSSR count). The molecule has 4 heteroatoms. The highest BCUT2D eigenvalue weighted by molar-refractivity contribution is 5.28.